The van der Waals surface area contributed by atoms with Gasteiger partial charge in [0.15, 0.2) is 5.78 Å². The Hall–Kier alpha value is -0.660. The number of nitrogens with zero attached hydrogens (tertiary/aromatic N) is 1. The lowest BCUT2D eigenvalue weighted by Gasteiger charge is -1.84. The summed E-state index contributed by atoms with van der Waals surface area (Å²) in [6.07, 6.45) is 0. The van der Waals surface area contributed by atoms with Crippen LogP contribution >= 0.6 is 0 Å². The van der Waals surface area contributed by atoms with Crippen molar-refractivity contribution in [1.29, 1.82) is 0 Å². The molecule has 0 aliphatic rings. The van der Waals surface area contributed by atoms with Gasteiger partial charge in [0.1, 0.15) is 0 Å². The number of hydrogen-bond acceptors (Lipinski definition) is 2. The number of Topliss-reactive ketones (excluding diaryl/α,β-unsaturated/α-hetero) is 1. The summed E-state index contributed by atoms with van der Waals surface area (Å²) >= 11 is 0. The molecule has 0 atom stereocenters. The molecule has 0 fully saturated rings. The molecule has 0 aliphatic carbocycles. The predicted molar refractivity (Wildman–Crippen MR) is 29.7 cm³/mol. The second kappa shape index (κ2) is 2.50. The predicted octanol–water partition coefficient (Wildman–Crippen LogP) is 0.666. The molecule has 0 rings (SSSR count). The monoisotopic (exact) mass is 99.1 g/mol. The molecule has 2 heteroatoms. The molecule has 0 aliphatic heterocycles. The van der Waals surface area contributed by atoms with Crippen molar-refractivity contribution in [2.24, 2.45) is 4.99 Å². The SMILES string of the molecule is C/N=C(/C)C(C)=O. The number of rotatable bonds is 1. The van der Waals surface area contributed by atoms with Gasteiger partial charge in [0.05, 0.1) is 5.71 Å². The van der Waals surface area contributed by atoms with E-state index in [9.17, 15) is 4.79 Å². The fourth-order valence-corrected chi connectivity index (χ4v) is 0.157. The van der Waals surface area contributed by atoms with Gasteiger partial charge in [-0.25, -0.2) is 0 Å². The lowest BCUT2D eigenvalue weighted by molar-refractivity contribution is -0.111. The molecule has 0 aromatic rings. The van der Waals surface area contributed by atoms with Crippen LogP contribution in [0.4, 0.5) is 0 Å². The summed E-state index contributed by atoms with van der Waals surface area (Å²) in [5.41, 5.74) is 0.583. The van der Waals surface area contributed by atoms with E-state index < -0.39 is 0 Å². The van der Waals surface area contributed by atoms with Gasteiger partial charge in [-0.05, 0) is 6.92 Å². The fraction of sp³-hybridized carbons (Fsp3) is 0.600. The van der Waals surface area contributed by atoms with Crippen LogP contribution in [0.3, 0.4) is 0 Å². The Labute approximate surface area is 43.3 Å². The van der Waals surface area contributed by atoms with Gasteiger partial charge in [-0.15, -0.1) is 0 Å². The molecule has 0 aromatic carbocycles. The molecular formula is C5H9NO. The van der Waals surface area contributed by atoms with Crippen molar-refractivity contribution < 1.29 is 4.79 Å². The molecule has 0 unspecified atom stereocenters. The highest BCUT2D eigenvalue weighted by atomic mass is 16.1. The van der Waals surface area contributed by atoms with Crippen LogP contribution in [0.15, 0.2) is 4.99 Å². The van der Waals surface area contributed by atoms with E-state index in [1.54, 1.807) is 14.0 Å². The number of carbonyl (C=O) groups excluding carboxylic acids is 1. The number of hydrogen-bond donors (Lipinski definition) is 0. The van der Waals surface area contributed by atoms with E-state index in [4.69, 9.17) is 0 Å². The molecule has 0 radical (unpaired) electrons. The molecule has 40 valence electrons. The average Bonchev–Trinajstić information content (AvgIpc) is 1.65. The summed E-state index contributed by atoms with van der Waals surface area (Å²) in [4.78, 5) is 13.9. The molecule has 0 spiro atoms. The second-order valence-corrected chi connectivity index (χ2v) is 1.37. The second-order valence-electron chi connectivity index (χ2n) is 1.37. The number of carbonyl (C=O) groups is 1. The quantitative estimate of drug-likeness (QED) is 0.444. The molecule has 0 aromatic heterocycles. The number of ketones is 1. The van der Waals surface area contributed by atoms with E-state index >= 15 is 0 Å². The van der Waals surface area contributed by atoms with Crippen LogP contribution in [-0.4, -0.2) is 18.5 Å². The molecule has 0 heterocycles. The van der Waals surface area contributed by atoms with Crippen molar-refractivity contribution in [3.8, 4) is 0 Å². The first-order valence-corrected chi connectivity index (χ1v) is 2.12. The first-order chi connectivity index (χ1) is 3.18. The minimum atomic E-state index is 0.0440. The summed E-state index contributed by atoms with van der Waals surface area (Å²) in [7, 11) is 1.61. The summed E-state index contributed by atoms with van der Waals surface area (Å²) in [5, 5.41) is 0. The third-order valence-electron chi connectivity index (χ3n) is 0.845. The van der Waals surface area contributed by atoms with Gasteiger partial charge in [0.25, 0.3) is 0 Å². The van der Waals surface area contributed by atoms with E-state index in [0.29, 0.717) is 5.71 Å². The van der Waals surface area contributed by atoms with Gasteiger partial charge in [-0.3, -0.25) is 9.79 Å². The van der Waals surface area contributed by atoms with Crippen LogP contribution in [0, 0.1) is 0 Å². The molecule has 0 N–H and O–H groups in total. The first-order valence-electron chi connectivity index (χ1n) is 2.12. The van der Waals surface area contributed by atoms with Crippen LogP contribution < -0.4 is 0 Å². The number of aliphatic imine (C=N–C) groups is 1. The fourth-order valence-electron chi connectivity index (χ4n) is 0.157. The van der Waals surface area contributed by atoms with Crippen molar-refractivity contribution in [2.75, 3.05) is 7.05 Å². The largest absolute Gasteiger partial charge is 0.293 e. The maximum atomic E-state index is 10.2. The van der Waals surface area contributed by atoms with Crippen molar-refractivity contribution in [1.82, 2.24) is 0 Å². The maximum Gasteiger partial charge on any atom is 0.173 e. The highest BCUT2D eigenvalue weighted by molar-refractivity contribution is 6.37. The zero-order valence-electron chi connectivity index (χ0n) is 4.86. The average molecular weight is 99.1 g/mol. The van der Waals surface area contributed by atoms with E-state index in [0.717, 1.165) is 0 Å². The van der Waals surface area contributed by atoms with Crippen LogP contribution in [0.1, 0.15) is 13.8 Å². The Morgan fingerprint density at radius 3 is 1.86 bits per heavy atom. The summed E-state index contributed by atoms with van der Waals surface area (Å²) in [6.45, 7) is 3.20. The third-order valence-corrected chi connectivity index (χ3v) is 0.845. The van der Waals surface area contributed by atoms with Gasteiger partial charge in [0, 0.05) is 14.0 Å². The van der Waals surface area contributed by atoms with E-state index in [-0.39, 0.29) is 5.78 Å². The Bertz CT molecular complexity index is 105. The van der Waals surface area contributed by atoms with Crippen LogP contribution in [0.25, 0.3) is 0 Å². The molecule has 0 amide bonds. The maximum absolute atomic E-state index is 10.2. The van der Waals surface area contributed by atoms with Gasteiger partial charge in [0.2, 0.25) is 0 Å². The van der Waals surface area contributed by atoms with Gasteiger partial charge in [-0.2, -0.15) is 0 Å². The highest BCUT2D eigenvalue weighted by Gasteiger charge is 1.91. The summed E-state index contributed by atoms with van der Waals surface area (Å²) in [6, 6.07) is 0. The molecule has 0 saturated carbocycles. The molecular weight excluding hydrogens is 90.1 g/mol. The molecule has 2 nitrogen and oxygen atoms in total. The van der Waals surface area contributed by atoms with Crippen molar-refractivity contribution in [3.05, 3.63) is 0 Å². The zero-order chi connectivity index (χ0) is 5.86. The van der Waals surface area contributed by atoms with Crippen molar-refractivity contribution >= 4 is 11.5 Å². The van der Waals surface area contributed by atoms with Crippen molar-refractivity contribution in [3.63, 3.8) is 0 Å². The van der Waals surface area contributed by atoms with E-state index in [1.807, 2.05) is 0 Å². The van der Waals surface area contributed by atoms with Gasteiger partial charge >= 0.3 is 0 Å². The lowest BCUT2D eigenvalue weighted by Crippen LogP contribution is -2.02. The minimum absolute atomic E-state index is 0.0440. The van der Waals surface area contributed by atoms with Crippen LogP contribution in [0.2, 0.25) is 0 Å². The topological polar surface area (TPSA) is 29.4 Å². The highest BCUT2D eigenvalue weighted by Crippen LogP contribution is 1.74. The molecule has 0 saturated heterocycles. The molecule has 7 heavy (non-hydrogen) atoms. The van der Waals surface area contributed by atoms with Gasteiger partial charge in [-0.1, -0.05) is 0 Å². The van der Waals surface area contributed by atoms with E-state index in [2.05, 4.69) is 4.99 Å². The first kappa shape index (κ1) is 6.34. The minimum Gasteiger partial charge on any atom is -0.293 e. The summed E-state index contributed by atoms with van der Waals surface area (Å²) < 4.78 is 0. The van der Waals surface area contributed by atoms with Crippen molar-refractivity contribution in [2.45, 2.75) is 13.8 Å². The summed E-state index contributed by atoms with van der Waals surface area (Å²) in [5.74, 6) is 0.0440. The Kier molecular flexibility index (Phi) is 2.27. The zero-order valence-corrected chi connectivity index (χ0v) is 4.86. The Morgan fingerprint density at radius 2 is 1.86 bits per heavy atom. The van der Waals surface area contributed by atoms with Crippen LogP contribution in [0.5, 0.6) is 0 Å². The van der Waals surface area contributed by atoms with Gasteiger partial charge < -0.3 is 0 Å². The Morgan fingerprint density at radius 1 is 1.43 bits per heavy atom. The normalized spacial score (nSPS) is 11.6. The molecule has 0 bridgehead atoms. The lowest BCUT2D eigenvalue weighted by atomic mass is 10.3. The Balaban J connectivity index is 3.82. The third kappa shape index (κ3) is 2.09. The standard InChI is InChI=1S/C5H9NO/c1-4(6-3)5(2)7/h1-3H3/b6-4-. The van der Waals surface area contributed by atoms with E-state index in [1.165, 1.54) is 6.92 Å². The smallest absolute Gasteiger partial charge is 0.173 e. The van der Waals surface area contributed by atoms with Crippen LogP contribution in [-0.2, 0) is 4.79 Å².